The highest BCUT2D eigenvalue weighted by Crippen LogP contribution is 2.28. The van der Waals surface area contributed by atoms with E-state index >= 15 is 0 Å². The molecular weight excluding hydrogens is 334 g/mol. The Bertz CT molecular complexity index is 707. The van der Waals surface area contributed by atoms with Crippen molar-refractivity contribution in [1.82, 2.24) is 4.90 Å². The van der Waals surface area contributed by atoms with Gasteiger partial charge in [-0.15, -0.1) is 11.8 Å². The third-order valence-electron chi connectivity index (χ3n) is 4.19. The fourth-order valence-electron chi connectivity index (χ4n) is 3.06. The summed E-state index contributed by atoms with van der Waals surface area (Å²) in [6.07, 6.45) is -0.119. The first-order chi connectivity index (χ1) is 12.2. The number of carbonyl (C=O) groups excluding carboxylic acids is 1. The summed E-state index contributed by atoms with van der Waals surface area (Å²) in [7, 11) is 0. The Hall–Kier alpha value is -1.82. The van der Waals surface area contributed by atoms with Crippen LogP contribution < -0.4 is 0 Å². The van der Waals surface area contributed by atoms with E-state index in [-0.39, 0.29) is 24.7 Å². The standard InChI is InChI=1S/C20H23NO3S/c1-15-13-21(14-18(24-15)16-7-3-2-4-8-16)20(23)17-9-5-6-10-19(17)25-12-11-22/h2-10,15,18,22H,11-14H2,1H3/t15-,18+/m0/s1. The van der Waals surface area contributed by atoms with E-state index in [2.05, 4.69) is 0 Å². The molecule has 5 heteroatoms. The molecule has 4 nitrogen and oxygen atoms in total. The summed E-state index contributed by atoms with van der Waals surface area (Å²) in [5.74, 6) is 0.605. The summed E-state index contributed by atoms with van der Waals surface area (Å²) < 4.78 is 6.05. The average Bonchev–Trinajstić information content (AvgIpc) is 2.66. The van der Waals surface area contributed by atoms with Crippen LogP contribution in [0.25, 0.3) is 0 Å². The molecule has 132 valence electrons. The molecule has 2 aromatic rings. The maximum absolute atomic E-state index is 13.1. The van der Waals surface area contributed by atoms with Crippen molar-refractivity contribution in [2.45, 2.75) is 24.0 Å². The van der Waals surface area contributed by atoms with Crippen LogP contribution in [-0.4, -0.2) is 47.5 Å². The third-order valence-corrected chi connectivity index (χ3v) is 5.24. The Morgan fingerprint density at radius 1 is 1.16 bits per heavy atom. The maximum atomic E-state index is 13.1. The highest BCUT2D eigenvalue weighted by molar-refractivity contribution is 7.99. The Kier molecular flexibility index (Phi) is 6.13. The molecule has 0 radical (unpaired) electrons. The van der Waals surface area contributed by atoms with Crippen molar-refractivity contribution >= 4 is 17.7 Å². The molecule has 1 N–H and O–H groups in total. The van der Waals surface area contributed by atoms with Crippen LogP contribution in [0.1, 0.15) is 28.9 Å². The Morgan fingerprint density at radius 3 is 2.64 bits per heavy atom. The van der Waals surface area contributed by atoms with Crippen molar-refractivity contribution in [2.75, 3.05) is 25.4 Å². The van der Waals surface area contributed by atoms with Crippen molar-refractivity contribution in [1.29, 1.82) is 0 Å². The van der Waals surface area contributed by atoms with E-state index in [0.29, 0.717) is 24.4 Å². The molecule has 0 saturated carbocycles. The van der Waals surface area contributed by atoms with Crippen LogP contribution >= 0.6 is 11.8 Å². The summed E-state index contributed by atoms with van der Waals surface area (Å²) in [4.78, 5) is 15.9. The number of carbonyl (C=O) groups is 1. The van der Waals surface area contributed by atoms with Gasteiger partial charge in [0.25, 0.3) is 5.91 Å². The van der Waals surface area contributed by atoms with Crippen LogP contribution in [0.2, 0.25) is 0 Å². The minimum Gasteiger partial charge on any atom is -0.396 e. The van der Waals surface area contributed by atoms with Crippen LogP contribution in [0.5, 0.6) is 0 Å². The van der Waals surface area contributed by atoms with Gasteiger partial charge in [0.15, 0.2) is 0 Å². The van der Waals surface area contributed by atoms with Gasteiger partial charge in [-0.25, -0.2) is 0 Å². The number of hydrogen-bond acceptors (Lipinski definition) is 4. The number of rotatable bonds is 5. The summed E-state index contributed by atoms with van der Waals surface area (Å²) in [6, 6.07) is 17.6. The molecule has 0 bridgehead atoms. The molecule has 0 aliphatic carbocycles. The molecule has 2 atom stereocenters. The van der Waals surface area contributed by atoms with Gasteiger partial charge in [-0.2, -0.15) is 0 Å². The second-order valence-electron chi connectivity index (χ2n) is 6.12. The number of morpholine rings is 1. The molecule has 0 spiro atoms. The number of hydrogen-bond donors (Lipinski definition) is 1. The number of amides is 1. The molecule has 1 amide bonds. The molecule has 0 aromatic heterocycles. The van der Waals surface area contributed by atoms with Crippen molar-refractivity contribution in [3.8, 4) is 0 Å². The highest BCUT2D eigenvalue weighted by atomic mass is 32.2. The zero-order valence-electron chi connectivity index (χ0n) is 14.3. The average molecular weight is 357 g/mol. The van der Waals surface area contributed by atoms with Gasteiger partial charge in [0.2, 0.25) is 0 Å². The molecule has 2 aromatic carbocycles. The molecule has 3 rings (SSSR count). The lowest BCUT2D eigenvalue weighted by Crippen LogP contribution is -2.46. The van der Waals surface area contributed by atoms with E-state index in [9.17, 15) is 4.79 Å². The van der Waals surface area contributed by atoms with Gasteiger partial charge in [-0.3, -0.25) is 4.79 Å². The molecular formula is C20H23NO3S. The van der Waals surface area contributed by atoms with Crippen LogP contribution in [0.15, 0.2) is 59.5 Å². The summed E-state index contributed by atoms with van der Waals surface area (Å²) in [5, 5.41) is 9.07. The topological polar surface area (TPSA) is 49.8 Å². The minimum atomic E-state index is -0.105. The molecule has 1 fully saturated rings. The largest absolute Gasteiger partial charge is 0.396 e. The van der Waals surface area contributed by atoms with Crippen molar-refractivity contribution in [3.05, 3.63) is 65.7 Å². The van der Waals surface area contributed by atoms with Crippen molar-refractivity contribution in [3.63, 3.8) is 0 Å². The van der Waals surface area contributed by atoms with Crippen molar-refractivity contribution < 1.29 is 14.6 Å². The number of thioether (sulfide) groups is 1. The lowest BCUT2D eigenvalue weighted by molar-refractivity contribution is -0.0692. The second kappa shape index (κ2) is 8.52. The Balaban J connectivity index is 1.80. The summed E-state index contributed by atoms with van der Waals surface area (Å²) in [5.41, 5.74) is 1.79. The fraction of sp³-hybridized carbons (Fsp3) is 0.350. The Morgan fingerprint density at radius 2 is 1.88 bits per heavy atom. The monoisotopic (exact) mass is 357 g/mol. The van der Waals surface area contributed by atoms with Gasteiger partial charge >= 0.3 is 0 Å². The van der Waals surface area contributed by atoms with Gasteiger partial charge < -0.3 is 14.7 Å². The first-order valence-electron chi connectivity index (χ1n) is 8.51. The first kappa shape index (κ1) is 18.0. The van der Waals surface area contributed by atoms with E-state index in [1.165, 1.54) is 11.8 Å². The van der Waals surface area contributed by atoms with Gasteiger partial charge in [0.1, 0.15) is 6.10 Å². The van der Waals surface area contributed by atoms with Gasteiger partial charge in [0, 0.05) is 17.2 Å². The quantitative estimate of drug-likeness (QED) is 0.834. The van der Waals surface area contributed by atoms with E-state index in [1.54, 1.807) is 0 Å². The second-order valence-corrected chi connectivity index (χ2v) is 7.26. The number of nitrogens with zero attached hydrogens (tertiary/aromatic N) is 1. The zero-order chi connectivity index (χ0) is 17.6. The lowest BCUT2D eigenvalue weighted by atomic mass is 10.1. The SMILES string of the molecule is C[C@H]1CN(C(=O)c2ccccc2SCCO)C[C@H](c2ccccc2)O1. The van der Waals surface area contributed by atoms with Crippen LogP contribution in [0.4, 0.5) is 0 Å². The molecule has 0 unspecified atom stereocenters. The van der Waals surface area contributed by atoms with Crippen LogP contribution in [0.3, 0.4) is 0 Å². The van der Waals surface area contributed by atoms with E-state index in [0.717, 1.165) is 10.5 Å². The smallest absolute Gasteiger partial charge is 0.255 e. The fourth-order valence-corrected chi connectivity index (χ4v) is 3.86. The number of benzene rings is 2. The summed E-state index contributed by atoms with van der Waals surface area (Å²) in [6.45, 7) is 3.23. The maximum Gasteiger partial charge on any atom is 0.255 e. The predicted molar refractivity (Wildman–Crippen MR) is 99.9 cm³/mol. The Labute approximate surface area is 152 Å². The van der Waals surface area contributed by atoms with Crippen LogP contribution in [0, 0.1) is 0 Å². The van der Waals surface area contributed by atoms with E-state index in [4.69, 9.17) is 9.84 Å². The van der Waals surface area contributed by atoms with E-state index < -0.39 is 0 Å². The molecule has 25 heavy (non-hydrogen) atoms. The zero-order valence-corrected chi connectivity index (χ0v) is 15.1. The predicted octanol–water partition coefficient (Wildman–Crippen LogP) is 3.37. The van der Waals surface area contributed by atoms with Crippen molar-refractivity contribution in [2.24, 2.45) is 0 Å². The molecule has 1 heterocycles. The lowest BCUT2D eigenvalue weighted by Gasteiger charge is -2.37. The highest BCUT2D eigenvalue weighted by Gasteiger charge is 2.30. The molecule has 1 aliphatic heterocycles. The number of ether oxygens (including phenoxy) is 1. The number of aliphatic hydroxyl groups is 1. The molecule has 1 saturated heterocycles. The minimum absolute atomic E-state index is 0.0137. The van der Waals surface area contributed by atoms with Crippen LogP contribution in [-0.2, 0) is 4.74 Å². The molecule has 1 aliphatic rings. The number of aliphatic hydroxyl groups excluding tert-OH is 1. The first-order valence-corrected chi connectivity index (χ1v) is 9.50. The van der Waals surface area contributed by atoms with Gasteiger partial charge in [0.05, 0.1) is 24.8 Å². The third kappa shape index (κ3) is 4.42. The van der Waals surface area contributed by atoms with Gasteiger partial charge in [-0.1, -0.05) is 42.5 Å². The summed E-state index contributed by atoms with van der Waals surface area (Å²) >= 11 is 1.51. The van der Waals surface area contributed by atoms with E-state index in [1.807, 2.05) is 66.4 Å². The van der Waals surface area contributed by atoms with Gasteiger partial charge in [-0.05, 0) is 24.6 Å². The normalized spacial score (nSPS) is 20.5.